The predicted octanol–water partition coefficient (Wildman–Crippen LogP) is 4.07. The third kappa shape index (κ3) is 2.78. The van der Waals surface area contributed by atoms with Crippen molar-refractivity contribution < 1.29 is 4.79 Å². The van der Waals surface area contributed by atoms with E-state index in [2.05, 4.69) is 48.6 Å². The van der Waals surface area contributed by atoms with Crippen LogP contribution in [-0.4, -0.2) is 12.5 Å². The summed E-state index contributed by atoms with van der Waals surface area (Å²) in [4.78, 5) is 12.6. The molecule has 1 aliphatic carbocycles. The number of rotatable bonds is 4. The smallest absolute Gasteiger partial charge is 0.251 e. The maximum Gasteiger partial charge on any atom is 0.251 e. The first-order valence-electron chi connectivity index (χ1n) is 7.93. The Balaban J connectivity index is 1.74. The van der Waals surface area contributed by atoms with Gasteiger partial charge in [0.1, 0.15) is 0 Å². The van der Waals surface area contributed by atoms with Crippen LogP contribution in [0.5, 0.6) is 0 Å². The third-order valence-electron chi connectivity index (χ3n) is 4.73. The Labute approximate surface area is 132 Å². The molecule has 0 atom stereocenters. The highest BCUT2D eigenvalue weighted by molar-refractivity contribution is 5.97. The van der Waals surface area contributed by atoms with Gasteiger partial charge < -0.3 is 5.32 Å². The Morgan fingerprint density at radius 2 is 1.64 bits per heavy atom. The first-order chi connectivity index (χ1) is 10.5. The molecule has 1 aliphatic rings. The van der Waals surface area contributed by atoms with Crippen LogP contribution in [0.3, 0.4) is 0 Å². The lowest BCUT2D eigenvalue weighted by Crippen LogP contribution is -2.33. The molecule has 0 heterocycles. The fourth-order valence-corrected chi connectivity index (χ4v) is 3.39. The van der Waals surface area contributed by atoms with Crippen molar-refractivity contribution in [2.75, 3.05) is 6.54 Å². The largest absolute Gasteiger partial charge is 0.351 e. The van der Waals surface area contributed by atoms with Crippen molar-refractivity contribution in [3.63, 3.8) is 0 Å². The molecule has 0 aromatic heterocycles. The van der Waals surface area contributed by atoms with Gasteiger partial charge in [-0.15, -0.1) is 0 Å². The second-order valence-electron chi connectivity index (χ2n) is 6.60. The normalized spacial score (nSPS) is 15.4. The van der Waals surface area contributed by atoms with Crippen molar-refractivity contribution in [1.29, 1.82) is 0 Å². The second-order valence-corrected chi connectivity index (χ2v) is 6.60. The maximum absolute atomic E-state index is 12.6. The zero-order valence-corrected chi connectivity index (χ0v) is 13.6. The van der Waals surface area contributed by atoms with E-state index >= 15 is 0 Å². The number of carbonyl (C=O) groups excluding carboxylic acids is 1. The summed E-state index contributed by atoms with van der Waals surface area (Å²) < 4.78 is 0. The van der Waals surface area contributed by atoms with Crippen LogP contribution in [0.1, 0.15) is 45.5 Å². The molecule has 3 rings (SSSR count). The van der Waals surface area contributed by atoms with E-state index in [-0.39, 0.29) is 11.3 Å². The van der Waals surface area contributed by atoms with Gasteiger partial charge in [0.2, 0.25) is 0 Å². The zero-order valence-electron chi connectivity index (χ0n) is 13.6. The topological polar surface area (TPSA) is 29.1 Å². The Kier molecular flexibility index (Phi) is 3.78. The number of aryl methyl sites for hydroxylation is 3. The van der Waals surface area contributed by atoms with Gasteiger partial charge in [-0.2, -0.15) is 0 Å². The molecule has 0 spiro atoms. The lowest BCUT2D eigenvalue weighted by Gasteiger charge is -2.18. The van der Waals surface area contributed by atoms with Crippen LogP contribution < -0.4 is 5.32 Å². The van der Waals surface area contributed by atoms with Gasteiger partial charge in [0.05, 0.1) is 0 Å². The highest BCUT2D eigenvalue weighted by Gasteiger charge is 2.44. The summed E-state index contributed by atoms with van der Waals surface area (Å²) in [6, 6.07) is 14.7. The molecule has 0 radical (unpaired) electrons. The zero-order chi connectivity index (χ0) is 15.7. The van der Waals surface area contributed by atoms with Crippen molar-refractivity contribution in [2.24, 2.45) is 0 Å². The van der Waals surface area contributed by atoms with E-state index in [1.54, 1.807) is 0 Å². The minimum atomic E-state index is 0.0530. The van der Waals surface area contributed by atoms with Gasteiger partial charge in [0.25, 0.3) is 5.91 Å². The average molecular weight is 293 g/mol. The van der Waals surface area contributed by atoms with E-state index < -0.39 is 0 Å². The number of benzene rings is 2. The van der Waals surface area contributed by atoms with Crippen LogP contribution >= 0.6 is 0 Å². The monoisotopic (exact) mass is 293 g/mol. The number of hydrogen-bond donors (Lipinski definition) is 1. The number of carbonyl (C=O) groups is 1. The summed E-state index contributed by atoms with van der Waals surface area (Å²) in [5.74, 6) is 0.0530. The van der Waals surface area contributed by atoms with Crippen molar-refractivity contribution >= 4 is 5.91 Å². The van der Waals surface area contributed by atoms with Crippen LogP contribution in [0.15, 0.2) is 42.5 Å². The van der Waals surface area contributed by atoms with Gasteiger partial charge >= 0.3 is 0 Å². The standard InChI is InChI=1S/C20H23NO/c1-14-11-15(2)18(16(3)12-14)19(22)21-13-20(9-10-20)17-7-5-4-6-8-17/h4-8,11-12H,9-10,13H2,1-3H3,(H,21,22). The summed E-state index contributed by atoms with van der Waals surface area (Å²) in [7, 11) is 0. The van der Waals surface area contributed by atoms with E-state index in [0.717, 1.165) is 36.1 Å². The Morgan fingerprint density at radius 3 is 2.18 bits per heavy atom. The van der Waals surface area contributed by atoms with Gasteiger partial charge in [-0.05, 0) is 50.3 Å². The lowest BCUT2D eigenvalue weighted by atomic mass is 9.95. The van der Waals surface area contributed by atoms with Crippen molar-refractivity contribution in [3.05, 3.63) is 70.3 Å². The highest BCUT2D eigenvalue weighted by atomic mass is 16.1. The molecule has 2 aromatic rings. The molecule has 1 saturated carbocycles. The SMILES string of the molecule is Cc1cc(C)c(C(=O)NCC2(c3ccccc3)CC2)c(C)c1. The minimum Gasteiger partial charge on any atom is -0.351 e. The Bertz CT molecular complexity index is 676. The number of hydrogen-bond acceptors (Lipinski definition) is 1. The van der Waals surface area contributed by atoms with E-state index in [1.165, 1.54) is 11.1 Å². The average Bonchev–Trinajstić information content (AvgIpc) is 3.26. The lowest BCUT2D eigenvalue weighted by molar-refractivity contribution is 0.0948. The molecule has 1 fully saturated rings. The van der Waals surface area contributed by atoms with E-state index in [1.807, 2.05) is 19.9 Å². The quantitative estimate of drug-likeness (QED) is 0.904. The molecule has 0 saturated heterocycles. The Morgan fingerprint density at radius 1 is 1.05 bits per heavy atom. The number of nitrogens with one attached hydrogen (secondary N) is 1. The van der Waals surface area contributed by atoms with Crippen LogP contribution in [0.25, 0.3) is 0 Å². The Hall–Kier alpha value is -2.09. The minimum absolute atomic E-state index is 0.0530. The molecule has 0 aliphatic heterocycles. The molecular weight excluding hydrogens is 270 g/mol. The molecule has 1 N–H and O–H groups in total. The molecule has 0 bridgehead atoms. The molecule has 0 unspecified atom stereocenters. The van der Waals surface area contributed by atoms with Crippen LogP contribution in [-0.2, 0) is 5.41 Å². The van der Waals surface area contributed by atoms with Crippen LogP contribution in [0, 0.1) is 20.8 Å². The first kappa shape index (κ1) is 14.8. The molecule has 22 heavy (non-hydrogen) atoms. The molecular formula is C20H23NO. The van der Waals surface area contributed by atoms with E-state index in [0.29, 0.717) is 0 Å². The van der Waals surface area contributed by atoms with Gasteiger partial charge in [-0.3, -0.25) is 4.79 Å². The van der Waals surface area contributed by atoms with Crippen LogP contribution in [0.2, 0.25) is 0 Å². The highest BCUT2D eigenvalue weighted by Crippen LogP contribution is 2.47. The predicted molar refractivity (Wildman–Crippen MR) is 90.3 cm³/mol. The summed E-state index contributed by atoms with van der Waals surface area (Å²) >= 11 is 0. The first-order valence-corrected chi connectivity index (χ1v) is 7.93. The van der Waals surface area contributed by atoms with Gasteiger partial charge in [-0.25, -0.2) is 0 Å². The van der Waals surface area contributed by atoms with Gasteiger partial charge in [0.15, 0.2) is 0 Å². The van der Waals surface area contributed by atoms with Gasteiger partial charge in [-0.1, -0.05) is 48.0 Å². The summed E-state index contributed by atoms with van der Waals surface area (Å²) in [6.07, 6.45) is 2.31. The third-order valence-corrected chi connectivity index (χ3v) is 4.73. The van der Waals surface area contributed by atoms with Crippen LogP contribution in [0.4, 0.5) is 0 Å². The molecule has 2 heteroatoms. The molecule has 2 aromatic carbocycles. The van der Waals surface area contributed by atoms with E-state index in [4.69, 9.17) is 0 Å². The summed E-state index contributed by atoms with van der Waals surface area (Å²) in [5.41, 5.74) is 5.64. The molecule has 2 nitrogen and oxygen atoms in total. The summed E-state index contributed by atoms with van der Waals surface area (Å²) in [6.45, 7) is 6.82. The summed E-state index contributed by atoms with van der Waals surface area (Å²) in [5, 5.41) is 3.16. The maximum atomic E-state index is 12.6. The van der Waals surface area contributed by atoms with Crippen molar-refractivity contribution in [2.45, 2.75) is 39.0 Å². The second kappa shape index (κ2) is 5.60. The van der Waals surface area contributed by atoms with Crippen molar-refractivity contribution in [3.8, 4) is 0 Å². The molecule has 114 valence electrons. The fraction of sp³-hybridized carbons (Fsp3) is 0.350. The molecule has 1 amide bonds. The van der Waals surface area contributed by atoms with E-state index in [9.17, 15) is 4.79 Å². The fourth-order valence-electron chi connectivity index (χ4n) is 3.39. The van der Waals surface area contributed by atoms with Gasteiger partial charge in [0, 0.05) is 17.5 Å². The number of amides is 1. The van der Waals surface area contributed by atoms with Crippen molar-refractivity contribution in [1.82, 2.24) is 5.32 Å².